The molecule has 0 atom stereocenters. The molecule has 0 unspecified atom stereocenters. The summed E-state index contributed by atoms with van der Waals surface area (Å²) in [5, 5.41) is 10.7. The molecule has 2 fully saturated rings. The number of carboxylic acids is 1. The van der Waals surface area contributed by atoms with E-state index in [-0.39, 0.29) is 40.4 Å². The van der Waals surface area contributed by atoms with Crippen LogP contribution in [0.4, 0.5) is 30.6 Å². The summed E-state index contributed by atoms with van der Waals surface area (Å²) in [6.45, 7) is 2.10. The van der Waals surface area contributed by atoms with E-state index in [1.54, 1.807) is 66.7 Å². The van der Waals surface area contributed by atoms with E-state index in [0.717, 1.165) is 12.8 Å². The van der Waals surface area contributed by atoms with Gasteiger partial charge in [0.1, 0.15) is 34.1 Å². The van der Waals surface area contributed by atoms with Crippen LogP contribution >= 0.6 is 11.6 Å². The summed E-state index contributed by atoms with van der Waals surface area (Å²) in [6, 6.07) is 20.6. The van der Waals surface area contributed by atoms with Crippen LogP contribution in [0.3, 0.4) is 0 Å². The zero-order chi connectivity index (χ0) is 48.0. The molecule has 2 saturated heterocycles. The summed E-state index contributed by atoms with van der Waals surface area (Å²) in [4.78, 5) is 42.2. The van der Waals surface area contributed by atoms with Crippen LogP contribution in [0.15, 0.2) is 72.8 Å². The van der Waals surface area contributed by atoms with Crippen molar-refractivity contribution in [3.05, 3.63) is 100 Å². The Kier molecular flexibility index (Phi) is 19.3. The number of carboxylic acid groups (broad SMARTS) is 1. The summed E-state index contributed by atoms with van der Waals surface area (Å²) in [6.07, 6.45) is 0.303. The Bertz CT molecular complexity index is 2470. The number of nitrogens with one attached hydrogen (secondary N) is 1. The second kappa shape index (κ2) is 23.4. The number of hydrogen-bond donors (Lipinski definition) is 5. The molecule has 0 aliphatic carbocycles. The molecule has 2 aliphatic rings. The number of alkyl halides is 3. The number of methoxy groups -OCH3 is 2. The van der Waals surface area contributed by atoms with E-state index in [1.807, 2.05) is 0 Å². The lowest BCUT2D eigenvalue weighted by molar-refractivity contribution is -0.192. The molecule has 8 N–H and O–H groups in total. The molecule has 18 nitrogen and oxygen atoms in total. The van der Waals surface area contributed by atoms with Gasteiger partial charge < -0.3 is 37.1 Å². The molecule has 2 aromatic heterocycles. The van der Waals surface area contributed by atoms with Gasteiger partial charge in [0.05, 0.1) is 49.0 Å². The molecule has 0 amide bonds. The van der Waals surface area contributed by atoms with Crippen LogP contribution in [0.1, 0.15) is 57.5 Å². The van der Waals surface area contributed by atoms with Crippen molar-refractivity contribution >= 4 is 66.6 Å². The number of pyridine rings is 2. The predicted molar refractivity (Wildman–Crippen MR) is 236 cm³/mol. The number of nitrogens with zero attached hydrogens (tertiary/aromatic N) is 4. The van der Waals surface area contributed by atoms with Crippen molar-refractivity contribution in [3.8, 4) is 11.5 Å². The molecule has 0 spiro atoms. The average molecular weight is 959 g/mol. The molecule has 2 aromatic carbocycles. The number of nitrogen functional groups attached to an aromatic ring is 2. The summed E-state index contributed by atoms with van der Waals surface area (Å²) in [5.74, 6) is -1.47. The Balaban J connectivity index is 0.000000257. The first kappa shape index (κ1) is 52.8. The number of hydrogen-bond acceptors (Lipinski definition) is 15. The van der Waals surface area contributed by atoms with Gasteiger partial charge in [-0.1, -0.05) is 35.9 Å². The second-order valence-corrected chi connectivity index (χ2v) is 18.5. The highest BCUT2D eigenvalue weighted by atomic mass is 35.5. The number of rotatable bonds is 10. The van der Waals surface area contributed by atoms with Crippen LogP contribution in [-0.2, 0) is 24.8 Å². The molecular formula is C40H50ClF3N8O10S2. The van der Waals surface area contributed by atoms with Crippen LogP contribution in [0.25, 0.3) is 0 Å². The molecule has 64 heavy (non-hydrogen) atoms. The minimum atomic E-state index is -5.08. The molecule has 0 bridgehead atoms. The van der Waals surface area contributed by atoms with Crippen molar-refractivity contribution < 1.29 is 59.0 Å². The van der Waals surface area contributed by atoms with Crippen LogP contribution in [-0.4, -0.2) is 129 Å². The highest BCUT2D eigenvalue weighted by Gasteiger charge is 2.38. The van der Waals surface area contributed by atoms with Gasteiger partial charge in [-0.3, -0.25) is 9.59 Å². The van der Waals surface area contributed by atoms with Gasteiger partial charge in [-0.2, -0.15) is 13.2 Å². The number of carbonyl (C=O) groups excluding carboxylic acids is 2. The summed E-state index contributed by atoms with van der Waals surface area (Å²) in [7, 11) is -3.11. The van der Waals surface area contributed by atoms with E-state index in [1.165, 1.54) is 41.4 Å². The van der Waals surface area contributed by atoms with Crippen molar-refractivity contribution in [1.29, 1.82) is 0 Å². The molecule has 0 saturated carbocycles. The zero-order valence-electron chi connectivity index (χ0n) is 35.2. The van der Waals surface area contributed by atoms with E-state index >= 15 is 0 Å². The lowest BCUT2D eigenvalue weighted by Gasteiger charge is -2.31. The molecule has 6 rings (SSSR count). The quantitative estimate of drug-likeness (QED) is 0.109. The first-order chi connectivity index (χ1) is 29.9. The third kappa shape index (κ3) is 15.9. The van der Waals surface area contributed by atoms with Crippen molar-refractivity contribution in [2.75, 3.05) is 69.7 Å². The molecular weight excluding hydrogens is 909 g/mol. The SMILES string of the molecule is COc1ccccc1C(=O)c1ccc(Cl)nc1N.COc1ccccc1C(=O)c1ccc(NC2CCN(S(C)(=O)=O)CC2)nc1N.CS(=O)(=O)N1CCC(N)CC1.O=C(O)C(F)(F)F. The van der Waals surface area contributed by atoms with E-state index in [4.69, 9.17) is 48.2 Å². The fraction of sp³-hybridized carbons (Fsp3) is 0.375. The Morgan fingerprint density at radius 3 is 1.47 bits per heavy atom. The third-order valence-electron chi connectivity index (χ3n) is 9.49. The normalized spacial score (nSPS) is 15.1. The largest absolute Gasteiger partial charge is 0.496 e. The molecule has 4 aromatic rings. The van der Waals surface area contributed by atoms with Gasteiger partial charge in [-0.25, -0.2) is 40.2 Å². The Morgan fingerprint density at radius 2 is 1.09 bits per heavy atom. The Hall–Kier alpha value is -5.59. The minimum Gasteiger partial charge on any atom is -0.496 e. The highest BCUT2D eigenvalue weighted by molar-refractivity contribution is 7.88. The summed E-state index contributed by atoms with van der Waals surface area (Å²) < 4.78 is 90.2. The number of halogens is 4. The number of para-hydroxylation sites is 2. The number of benzene rings is 2. The summed E-state index contributed by atoms with van der Waals surface area (Å²) in [5.41, 5.74) is 18.8. The maximum absolute atomic E-state index is 12.8. The first-order valence-corrected chi connectivity index (χ1v) is 23.2. The maximum atomic E-state index is 12.8. The number of aromatic nitrogens is 2. The highest BCUT2D eigenvalue weighted by Crippen LogP contribution is 2.26. The van der Waals surface area contributed by atoms with Crippen molar-refractivity contribution in [1.82, 2.24) is 18.6 Å². The number of sulfonamides is 2. The fourth-order valence-corrected chi connectivity index (χ4v) is 7.99. The van der Waals surface area contributed by atoms with Crippen molar-refractivity contribution in [2.24, 2.45) is 5.73 Å². The number of piperidine rings is 2. The number of aliphatic carboxylic acids is 1. The van der Waals surface area contributed by atoms with Gasteiger partial charge in [0.15, 0.2) is 11.6 Å². The monoisotopic (exact) mass is 958 g/mol. The van der Waals surface area contributed by atoms with Gasteiger partial charge in [-0.05, 0) is 74.2 Å². The lowest BCUT2D eigenvalue weighted by atomic mass is 10.0. The predicted octanol–water partition coefficient (Wildman–Crippen LogP) is 4.30. The van der Waals surface area contributed by atoms with Crippen molar-refractivity contribution in [2.45, 2.75) is 43.9 Å². The van der Waals surface area contributed by atoms with E-state index in [9.17, 15) is 39.6 Å². The smallest absolute Gasteiger partial charge is 0.490 e. The van der Waals surface area contributed by atoms with Gasteiger partial charge >= 0.3 is 12.1 Å². The lowest BCUT2D eigenvalue weighted by Crippen LogP contribution is -2.42. The van der Waals surface area contributed by atoms with E-state index in [0.29, 0.717) is 78.6 Å². The van der Waals surface area contributed by atoms with Crippen molar-refractivity contribution in [3.63, 3.8) is 0 Å². The molecule has 24 heteroatoms. The van der Waals surface area contributed by atoms with Gasteiger partial charge in [-0.15, -0.1) is 0 Å². The van der Waals surface area contributed by atoms with Gasteiger partial charge in [0.25, 0.3) is 0 Å². The second-order valence-electron chi connectivity index (χ2n) is 14.1. The fourth-order valence-electron chi connectivity index (χ4n) is 6.09. The molecule has 0 radical (unpaired) electrons. The molecule has 4 heterocycles. The number of carbonyl (C=O) groups is 3. The van der Waals surface area contributed by atoms with Gasteiger partial charge in [0.2, 0.25) is 20.0 Å². The van der Waals surface area contributed by atoms with Crippen LogP contribution in [0.2, 0.25) is 5.15 Å². The molecule has 350 valence electrons. The molecule has 2 aliphatic heterocycles. The van der Waals surface area contributed by atoms with Crippen LogP contribution in [0, 0.1) is 0 Å². The third-order valence-corrected chi connectivity index (χ3v) is 12.3. The maximum Gasteiger partial charge on any atom is 0.490 e. The minimum absolute atomic E-state index is 0.0978. The number of ketones is 2. The van der Waals surface area contributed by atoms with E-state index in [2.05, 4.69) is 15.3 Å². The topological polar surface area (TPSA) is 281 Å². The Morgan fingerprint density at radius 1 is 0.703 bits per heavy atom. The number of anilines is 3. The van der Waals surface area contributed by atoms with Crippen LogP contribution in [0.5, 0.6) is 11.5 Å². The standard InChI is InChI=1S/C19H24N4O4S.C13H11ClN2O2.C6H14N2O2S.C2HF3O2/c1-27-16-6-4-3-5-14(16)18(24)15-7-8-17(22-19(15)20)21-13-9-11-23(12-10-13)28(2,25)26;1-18-10-5-3-2-4-8(10)12(17)9-6-7-11(14)16-13(9)15;1-11(9,10)8-4-2-6(7)3-5-8;3-2(4,5)1(6)7/h3-8,13H,9-12H2,1-2H3,(H3,20,21,22);2-7H,1H3,(H2,15,16);6H,2-5,7H2,1H3;(H,6,7). The number of ether oxygens (including phenoxy) is 2. The van der Waals surface area contributed by atoms with Gasteiger partial charge in [0, 0.05) is 38.3 Å². The Labute approximate surface area is 374 Å². The first-order valence-electron chi connectivity index (χ1n) is 19.1. The van der Waals surface area contributed by atoms with Crippen LogP contribution < -0.4 is 32.0 Å². The number of nitrogens with two attached hydrogens (primary N) is 3. The summed E-state index contributed by atoms with van der Waals surface area (Å²) >= 11 is 5.70. The van der Waals surface area contributed by atoms with E-state index < -0.39 is 32.2 Å². The zero-order valence-corrected chi connectivity index (χ0v) is 37.6. The average Bonchev–Trinajstić information content (AvgIpc) is 3.23.